The van der Waals surface area contributed by atoms with Crippen molar-refractivity contribution in [3.8, 4) is 0 Å². The Labute approximate surface area is 111 Å². The molecule has 0 spiro atoms. The Morgan fingerprint density at radius 1 is 1.47 bits per heavy atom. The van der Waals surface area contributed by atoms with Crippen LogP contribution in [0.1, 0.15) is 28.0 Å². The van der Waals surface area contributed by atoms with E-state index in [-0.39, 0.29) is 5.69 Å². The molecule has 4 heteroatoms. The summed E-state index contributed by atoms with van der Waals surface area (Å²) in [6, 6.07) is 8.19. The third-order valence-electron chi connectivity index (χ3n) is 2.51. The van der Waals surface area contributed by atoms with E-state index in [0.717, 1.165) is 5.56 Å². The fourth-order valence-electron chi connectivity index (χ4n) is 1.60. The van der Waals surface area contributed by atoms with Gasteiger partial charge in [0.15, 0.2) is 12.1 Å². The summed E-state index contributed by atoms with van der Waals surface area (Å²) in [6.07, 6.45) is 7.12. The van der Waals surface area contributed by atoms with Crippen LogP contribution in [0.5, 0.6) is 0 Å². The molecule has 0 bridgehead atoms. The van der Waals surface area contributed by atoms with Crippen molar-refractivity contribution in [3.05, 3.63) is 59.8 Å². The van der Waals surface area contributed by atoms with Gasteiger partial charge in [0, 0.05) is 0 Å². The first-order valence-electron chi connectivity index (χ1n) is 6.04. The monoisotopic (exact) mass is 257 g/mol. The normalized spacial score (nSPS) is 10.8. The zero-order chi connectivity index (χ0) is 13.5. The largest absolute Gasteiger partial charge is 0.461 e. The lowest BCUT2D eigenvalue weighted by molar-refractivity contribution is 0.0505. The Morgan fingerprint density at radius 3 is 3.11 bits per heavy atom. The van der Waals surface area contributed by atoms with Gasteiger partial charge in [0.25, 0.3) is 0 Å². The van der Waals surface area contributed by atoms with Gasteiger partial charge in [-0.2, -0.15) is 0 Å². The zero-order valence-electron chi connectivity index (χ0n) is 10.7. The summed E-state index contributed by atoms with van der Waals surface area (Å²) in [5.41, 5.74) is 2.56. The van der Waals surface area contributed by atoms with Crippen LogP contribution in [0.4, 0.5) is 0 Å². The van der Waals surface area contributed by atoms with E-state index in [1.54, 1.807) is 0 Å². The molecule has 0 atom stereocenters. The summed E-state index contributed by atoms with van der Waals surface area (Å²) < 4.78 is 9.74. The predicted molar refractivity (Wildman–Crippen MR) is 71.6 cm³/mol. The highest BCUT2D eigenvalue weighted by Gasteiger charge is 2.08. The van der Waals surface area contributed by atoms with Crippen molar-refractivity contribution in [1.29, 1.82) is 0 Å². The number of hydrogen-bond acceptors (Lipinski definition) is 4. The first-order valence-corrected chi connectivity index (χ1v) is 6.04. The highest BCUT2D eigenvalue weighted by Crippen LogP contribution is 2.06. The summed E-state index contributed by atoms with van der Waals surface area (Å²) in [5.74, 6) is -0.460. The molecule has 2 rings (SSSR count). The van der Waals surface area contributed by atoms with Gasteiger partial charge in [-0.05, 0) is 18.9 Å². The van der Waals surface area contributed by atoms with Crippen molar-refractivity contribution in [2.45, 2.75) is 13.3 Å². The van der Waals surface area contributed by atoms with Gasteiger partial charge in [-0.1, -0.05) is 42.0 Å². The Kier molecular flexibility index (Phi) is 4.50. The fourth-order valence-corrected chi connectivity index (χ4v) is 1.60. The van der Waals surface area contributed by atoms with Gasteiger partial charge >= 0.3 is 5.97 Å². The van der Waals surface area contributed by atoms with E-state index in [0.29, 0.717) is 13.0 Å². The van der Waals surface area contributed by atoms with Crippen LogP contribution < -0.4 is 0 Å². The molecule has 1 heterocycles. The Bertz CT molecular complexity index is 559. The number of oxazole rings is 1. The number of benzene rings is 1. The third-order valence-corrected chi connectivity index (χ3v) is 2.51. The molecule has 0 aliphatic heterocycles. The lowest BCUT2D eigenvalue weighted by Gasteiger charge is -1.99. The number of carbonyl (C=O) groups excluding carboxylic acids is 1. The smallest absolute Gasteiger partial charge is 0.360 e. The van der Waals surface area contributed by atoms with Gasteiger partial charge < -0.3 is 9.15 Å². The average molecular weight is 257 g/mol. The van der Waals surface area contributed by atoms with Crippen LogP contribution in [0.15, 0.2) is 47.4 Å². The van der Waals surface area contributed by atoms with E-state index in [1.165, 1.54) is 18.2 Å². The molecule has 0 saturated carbocycles. The van der Waals surface area contributed by atoms with Crippen LogP contribution in [-0.4, -0.2) is 17.6 Å². The van der Waals surface area contributed by atoms with Crippen LogP contribution in [0, 0.1) is 6.92 Å². The number of carbonyl (C=O) groups is 1. The molecule has 0 N–H and O–H groups in total. The third kappa shape index (κ3) is 4.10. The first-order chi connectivity index (χ1) is 9.25. The molecule has 0 amide bonds. The quantitative estimate of drug-likeness (QED) is 0.609. The van der Waals surface area contributed by atoms with Crippen LogP contribution in [-0.2, 0) is 4.74 Å². The van der Waals surface area contributed by atoms with Crippen molar-refractivity contribution in [3.63, 3.8) is 0 Å². The topological polar surface area (TPSA) is 52.3 Å². The summed E-state index contributed by atoms with van der Waals surface area (Å²) in [4.78, 5) is 15.1. The molecular formula is C15H15NO3. The van der Waals surface area contributed by atoms with Gasteiger partial charge in [0.1, 0.15) is 6.26 Å². The second-order valence-electron chi connectivity index (χ2n) is 4.11. The molecule has 2 aromatic rings. The number of esters is 1. The van der Waals surface area contributed by atoms with Crippen molar-refractivity contribution in [1.82, 2.24) is 4.98 Å². The van der Waals surface area contributed by atoms with Crippen molar-refractivity contribution in [2.24, 2.45) is 0 Å². The van der Waals surface area contributed by atoms with E-state index in [2.05, 4.69) is 24.0 Å². The molecule has 0 aliphatic carbocycles. The first kappa shape index (κ1) is 13.1. The van der Waals surface area contributed by atoms with E-state index >= 15 is 0 Å². The number of hydrogen-bond donors (Lipinski definition) is 0. The Balaban J connectivity index is 1.74. The molecule has 0 unspecified atom stereocenters. The Morgan fingerprint density at radius 2 is 2.37 bits per heavy atom. The summed E-state index contributed by atoms with van der Waals surface area (Å²) >= 11 is 0. The molecule has 0 aliphatic rings. The second-order valence-corrected chi connectivity index (χ2v) is 4.11. The maximum Gasteiger partial charge on any atom is 0.360 e. The molecule has 4 nitrogen and oxygen atoms in total. The summed E-state index contributed by atoms with van der Waals surface area (Å²) in [7, 11) is 0. The lowest BCUT2D eigenvalue weighted by Crippen LogP contribution is -2.05. The molecule has 19 heavy (non-hydrogen) atoms. The molecule has 98 valence electrons. The fraction of sp³-hybridized carbons (Fsp3) is 0.200. The predicted octanol–water partition coefficient (Wildman–Crippen LogP) is 3.24. The van der Waals surface area contributed by atoms with E-state index in [1.807, 2.05) is 24.3 Å². The molecular weight excluding hydrogens is 242 g/mol. The molecule has 0 fully saturated rings. The summed E-state index contributed by atoms with van der Waals surface area (Å²) in [5, 5.41) is 0. The van der Waals surface area contributed by atoms with Crippen LogP contribution in [0.2, 0.25) is 0 Å². The standard InChI is InChI=1S/C15H15NO3/c1-12-5-4-7-13(9-12)6-2-3-8-19-15(17)14-10-18-11-16-14/h2,4-7,9-11H,3,8H2,1H3/b6-2+. The highest BCUT2D eigenvalue weighted by molar-refractivity contribution is 5.86. The maximum absolute atomic E-state index is 11.4. The van der Waals surface area contributed by atoms with E-state index in [4.69, 9.17) is 9.15 Å². The van der Waals surface area contributed by atoms with Crippen molar-refractivity contribution < 1.29 is 13.9 Å². The van der Waals surface area contributed by atoms with Crippen molar-refractivity contribution >= 4 is 12.0 Å². The number of aromatic nitrogens is 1. The molecule has 0 saturated heterocycles. The van der Waals surface area contributed by atoms with E-state index < -0.39 is 5.97 Å². The molecule has 1 aromatic carbocycles. The number of aryl methyl sites for hydroxylation is 1. The van der Waals surface area contributed by atoms with Crippen LogP contribution in [0.3, 0.4) is 0 Å². The van der Waals surface area contributed by atoms with Gasteiger partial charge in [0.2, 0.25) is 0 Å². The van der Waals surface area contributed by atoms with Gasteiger partial charge in [-0.3, -0.25) is 0 Å². The number of rotatable bonds is 5. The minimum atomic E-state index is -0.460. The number of nitrogens with zero attached hydrogens (tertiary/aromatic N) is 1. The SMILES string of the molecule is Cc1cccc(/C=C/CCOC(=O)c2cocn2)c1. The van der Waals surface area contributed by atoms with E-state index in [9.17, 15) is 4.79 Å². The van der Waals surface area contributed by atoms with Crippen LogP contribution in [0.25, 0.3) is 6.08 Å². The highest BCUT2D eigenvalue weighted by atomic mass is 16.5. The molecule has 0 radical (unpaired) electrons. The number of ether oxygens (including phenoxy) is 1. The second kappa shape index (κ2) is 6.54. The van der Waals surface area contributed by atoms with Gasteiger partial charge in [-0.25, -0.2) is 9.78 Å². The zero-order valence-corrected chi connectivity index (χ0v) is 10.7. The average Bonchev–Trinajstić information content (AvgIpc) is 2.92. The van der Waals surface area contributed by atoms with Gasteiger partial charge in [-0.15, -0.1) is 0 Å². The van der Waals surface area contributed by atoms with Crippen molar-refractivity contribution in [2.75, 3.05) is 6.61 Å². The minimum Gasteiger partial charge on any atom is -0.461 e. The van der Waals surface area contributed by atoms with Gasteiger partial charge in [0.05, 0.1) is 6.61 Å². The lowest BCUT2D eigenvalue weighted by atomic mass is 10.1. The van der Waals surface area contributed by atoms with Crippen LogP contribution >= 0.6 is 0 Å². The summed E-state index contributed by atoms with van der Waals surface area (Å²) in [6.45, 7) is 2.38. The molecule has 1 aromatic heterocycles. The minimum absolute atomic E-state index is 0.197. The maximum atomic E-state index is 11.4. The Hall–Kier alpha value is -2.36.